The first-order valence-electron chi connectivity index (χ1n) is 7.27. The molecule has 0 radical (unpaired) electrons. The lowest BCUT2D eigenvalue weighted by atomic mass is 10.0. The molecule has 0 amide bonds. The smallest absolute Gasteiger partial charge is 0.207 e. The van der Waals surface area contributed by atoms with Crippen LogP contribution in [0.1, 0.15) is 18.1 Å². The standard InChI is InChI=1S/C18H20O2S/c1-14-8-10-17(11-9-14)21-15(2)18(19-12-13-20-18)16-6-4-3-5-7-16/h3-11,15H,12-13H2,1-2H3. The van der Waals surface area contributed by atoms with E-state index in [4.69, 9.17) is 9.47 Å². The highest BCUT2D eigenvalue weighted by atomic mass is 32.2. The summed E-state index contributed by atoms with van der Waals surface area (Å²) in [6, 6.07) is 18.8. The lowest BCUT2D eigenvalue weighted by Gasteiger charge is -2.33. The fourth-order valence-electron chi connectivity index (χ4n) is 2.63. The highest BCUT2D eigenvalue weighted by Gasteiger charge is 2.44. The summed E-state index contributed by atoms with van der Waals surface area (Å²) in [5.41, 5.74) is 2.37. The average Bonchev–Trinajstić information content (AvgIpc) is 3.01. The van der Waals surface area contributed by atoms with E-state index in [1.807, 2.05) is 18.2 Å². The van der Waals surface area contributed by atoms with Gasteiger partial charge in [-0.3, -0.25) is 0 Å². The Morgan fingerprint density at radius 2 is 1.57 bits per heavy atom. The van der Waals surface area contributed by atoms with Crippen molar-refractivity contribution in [3.63, 3.8) is 0 Å². The van der Waals surface area contributed by atoms with Gasteiger partial charge in [0.2, 0.25) is 5.79 Å². The topological polar surface area (TPSA) is 18.5 Å². The van der Waals surface area contributed by atoms with Crippen LogP contribution in [0.3, 0.4) is 0 Å². The Hall–Kier alpha value is -1.29. The van der Waals surface area contributed by atoms with Crippen LogP contribution in [0.5, 0.6) is 0 Å². The molecule has 3 rings (SSSR count). The van der Waals surface area contributed by atoms with Gasteiger partial charge < -0.3 is 9.47 Å². The first-order chi connectivity index (χ1) is 10.2. The van der Waals surface area contributed by atoms with Crippen LogP contribution in [0.2, 0.25) is 0 Å². The van der Waals surface area contributed by atoms with E-state index in [0.717, 1.165) is 5.56 Å². The molecule has 0 N–H and O–H groups in total. The average molecular weight is 300 g/mol. The zero-order chi connectivity index (χ0) is 14.7. The fourth-order valence-corrected chi connectivity index (χ4v) is 3.76. The Morgan fingerprint density at radius 1 is 0.952 bits per heavy atom. The van der Waals surface area contributed by atoms with Crippen molar-refractivity contribution in [1.29, 1.82) is 0 Å². The van der Waals surface area contributed by atoms with E-state index in [9.17, 15) is 0 Å². The van der Waals surface area contributed by atoms with Gasteiger partial charge >= 0.3 is 0 Å². The molecule has 0 aliphatic carbocycles. The second-order valence-corrected chi connectivity index (χ2v) is 6.72. The third kappa shape index (κ3) is 3.00. The van der Waals surface area contributed by atoms with Gasteiger partial charge in [0, 0.05) is 10.5 Å². The molecule has 1 aliphatic rings. The summed E-state index contributed by atoms with van der Waals surface area (Å²) < 4.78 is 12.1. The van der Waals surface area contributed by atoms with Crippen LogP contribution in [0.25, 0.3) is 0 Å². The molecule has 3 heteroatoms. The number of thioether (sulfide) groups is 1. The van der Waals surface area contributed by atoms with Gasteiger partial charge in [0.25, 0.3) is 0 Å². The minimum atomic E-state index is -0.642. The van der Waals surface area contributed by atoms with Crippen molar-refractivity contribution in [2.24, 2.45) is 0 Å². The third-order valence-corrected chi connectivity index (χ3v) is 4.97. The van der Waals surface area contributed by atoms with Crippen molar-refractivity contribution in [3.05, 3.63) is 65.7 Å². The summed E-state index contributed by atoms with van der Waals surface area (Å²) in [5.74, 6) is -0.642. The molecule has 2 nitrogen and oxygen atoms in total. The maximum atomic E-state index is 6.04. The molecule has 110 valence electrons. The number of ether oxygens (including phenoxy) is 2. The molecule has 1 saturated heterocycles. The molecular weight excluding hydrogens is 280 g/mol. The first kappa shape index (κ1) is 14.6. The van der Waals surface area contributed by atoms with Crippen LogP contribution in [0, 0.1) is 6.92 Å². The minimum absolute atomic E-state index is 0.171. The second kappa shape index (κ2) is 6.22. The van der Waals surface area contributed by atoms with E-state index < -0.39 is 5.79 Å². The van der Waals surface area contributed by atoms with Gasteiger partial charge in [0.15, 0.2) is 0 Å². The molecule has 2 aromatic carbocycles. The summed E-state index contributed by atoms with van der Waals surface area (Å²) in [4.78, 5) is 1.24. The van der Waals surface area contributed by atoms with E-state index in [2.05, 4.69) is 50.2 Å². The largest absolute Gasteiger partial charge is 0.343 e. The first-order valence-corrected chi connectivity index (χ1v) is 8.15. The Morgan fingerprint density at radius 3 is 2.19 bits per heavy atom. The molecule has 0 saturated carbocycles. The molecule has 0 bridgehead atoms. The van der Waals surface area contributed by atoms with Crippen molar-refractivity contribution in [2.75, 3.05) is 13.2 Å². The monoisotopic (exact) mass is 300 g/mol. The highest BCUT2D eigenvalue weighted by Crippen LogP contribution is 2.42. The van der Waals surface area contributed by atoms with Gasteiger partial charge in [0.05, 0.1) is 18.5 Å². The van der Waals surface area contributed by atoms with E-state index in [0.29, 0.717) is 13.2 Å². The summed E-state index contributed by atoms with van der Waals surface area (Å²) in [6.07, 6.45) is 0. The van der Waals surface area contributed by atoms with Gasteiger partial charge in [0.1, 0.15) is 0 Å². The molecule has 2 aromatic rings. The molecule has 1 fully saturated rings. The van der Waals surface area contributed by atoms with Crippen molar-refractivity contribution in [3.8, 4) is 0 Å². The summed E-state index contributed by atoms with van der Waals surface area (Å²) in [5, 5.41) is 0.171. The molecule has 0 aromatic heterocycles. The zero-order valence-electron chi connectivity index (χ0n) is 12.4. The maximum absolute atomic E-state index is 6.04. The lowest BCUT2D eigenvalue weighted by Crippen LogP contribution is -2.37. The zero-order valence-corrected chi connectivity index (χ0v) is 13.2. The summed E-state index contributed by atoms with van der Waals surface area (Å²) in [6.45, 7) is 5.57. The molecule has 1 aliphatic heterocycles. The molecule has 0 spiro atoms. The van der Waals surface area contributed by atoms with Crippen LogP contribution >= 0.6 is 11.8 Å². The number of hydrogen-bond donors (Lipinski definition) is 0. The summed E-state index contributed by atoms with van der Waals surface area (Å²) in [7, 11) is 0. The van der Waals surface area contributed by atoms with E-state index in [1.54, 1.807) is 11.8 Å². The van der Waals surface area contributed by atoms with Crippen LogP contribution in [-0.2, 0) is 15.3 Å². The number of hydrogen-bond acceptors (Lipinski definition) is 3. The summed E-state index contributed by atoms with van der Waals surface area (Å²) >= 11 is 1.79. The van der Waals surface area contributed by atoms with Gasteiger partial charge in [-0.25, -0.2) is 0 Å². The van der Waals surface area contributed by atoms with Crippen LogP contribution in [-0.4, -0.2) is 18.5 Å². The van der Waals surface area contributed by atoms with Gasteiger partial charge in [-0.1, -0.05) is 48.0 Å². The molecular formula is C18H20O2S. The van der Waals surface area contributed by atoms with Crippen molar-refractivity contribution < 1.29 is 9.47 Å². The van der Waals surface area contributed by atoms with Crippen LogP contribution in [0.4, 0.5) is 0 Å². The molecule has 1 unspecified atom stereocenters. The van der Waals surface area contributed by atoms with Crippen molar-refractivity contribution in [2.45, 2.75) is 29.8 Å². The molecule has 21 heavy (non-hydrogen) atoms. The lowest BCUT2D eigenvalue weighted by molar-refractivity contribution is -0.162. The Bertz CT molecular complexity index is 574. The van der Waals surface area contributed by atoms with Gasteiger partial charge in [-0.15, -0.1) is 11.8 Å². The number of aryl methyl sites for hydroxylation is 1. The van der Waals surface area contributed by atoms with E-state index in [1.165, 1.54) is 10.5 Å². The SMILES string of the molecule is Cc1ccc(SC(C)C2(c3ccccc3)OCCO2)cc1. The third-order valence-electron chi connectivity index (χ3n) is 3.76. The molecule has 1 atom stereocenters. The van der Waals surface area contributed by atoms with Crippen LogP contribution < -0.4 is 0 Å². The minimum Gasteiger partial charge on any atom is -0.343 e. The van der Waals surface area contributed by atoms with Crippen molar-refractivity contribution in [1.82, 2.24) is 0 Å². The molecule has 1 heterocycles. The number of rotatable bonds is 4. The van der Waals surface area contributed by atoms with Crippen molar-refractivity contribution >= 4 is 11.8 Å². The van der Waals surface area contributed by atoms with Gasteiger partial charge in [-0.05, 0) is 26.0 Å². The Labute approximate surface area is 130 Å². The normalized spacial score (nSPS) is 18.6. The quantitative estimate of drug-likeness (QED) is 0.781. The van der Waals surface area contributed by atoms with E-state index in [-0.39, 0.29) is 5.25 Å². The van der Waals surface area contributed by atoms with E-state index >= 15 is 0 Å². The maximum Gasteiger partial charge on any atom is 0.207 e. The van der Waals surface area contributed by atoms with Crippen LogP contribution in [0.15, 0.2) is 59.5 Å². The Balaban J connectivity index is 1.85. The predicted octanol–water partition coefficient (Wildman–Crippen LogP) is 4.38. The highest BCUT2D eigenvalue weighted by molar-refractivity contribution is 8.00. The predicted molar refractivity (Wildman–Crippen MR) is 86.5 cm³/mol. The second-order valence-electron chi connectivity index (χ2n) is 5.30. The Kier molecular flexibility index (Phi) is 4.34. The number of benzene rings is 2. The van der Waals surface area contributed by atoms with Gasteiger partial charge in [-0.2, -0.15) is 0 Å². The fraction of sp³-hybridized carbons (Fsp3) is 0.333.